The van der Waals surface area contributed by atoms with Crippen LogP contribution in [0.1, 0.15) is 25.6 Å². The number of fused-ring (bicyclic) bond motifs is 1. The Hall–Kier alpha value is -2.71. The highest BCUT2D eigenvalue weighted by Crippen LogP contribution is 2.32. The Morgan fingerprint density at radius 1 is 1.27 bits per heavy atom. The molecule has 1 aromatic carbocycles. The first-order chi connectivity index (χ1) is 14.6. The Morgan fingerprint density at radius 3 is 2.80 bits per heavy atom. The number of allylic oxidation sites excluding steroid dienone is 1. The van der Waals surface area contributed by atoms with E-state index in [0.717, 1.165) is 22.4 Å². The second kappa shape index (κ2) is 8.97. The molecule has 8 heteroatoms. The fourth-order valence-electron chi connectivity index (χ4n) is 3.15. The Bertz CT molecular complexity index is 1230. The Morgan fingerprint density at radius 2 is 2.07 bits per heavy atom. The molecule has 0 aliphatic rings. The molecule has 4 rings (SSSR count). The molecule has 4 aromatic rings. The average Bonchev–Trinajstić information content (AvgIpc) is 3.36. The maximum atomic E-state index is 13.3. The molecule has 0 spiro atoms. The zero-order valence-electron chi connectivity index (χ0n) is 16.9. The van der Waals surface area contributed by atoms with Crippen molar-refractivity contribution in [3.63, 3.8) is 0 Å². The van der Waals surface area contributed by atoms with Gasteiger partial charge in [-0.05, 0) is 11.5 Å². The summed E-state index contributed by atoms with van der Waals surface area (Å²) in [6, 6.07) is 9.92. The van der Waals surface area contributed by atoms with E-state index in [9.17, 15) is 4.79 Å². The summed E-state index contributed by atoms with van der Waals surface area (Å²) in [5.74, 6) is 2.17. The average molecular weight is 439 g/mol. The Labute approximate surface area is 182 Å². The van der Waals surface area contributed by atoms with E-state index in [-0.39, 0.29) is 5.56 Å². The fraction of sp³-hybridized carbons (Fsp3) is 0.273. The van der Waals surface area contributed by atoms with Crippen LogP contribution in [0.5, 0.6) is 0 Å². The molecule has 3 heterocycles. The fourth-order valence-corrected chi connectivity index (χ4v) is 4.99. The van der Waals surface area contributed by atoms with Gasteiger partial charge in [-0.3, -0.25) is 9.36 Å². The molecule has 6 nitrogen and oxygen atoms in total. The van der Waals surface area contributed by atoms with Gasteiger partial charge in [-0.1, -0.05) is 67.2 Å². The zero-order valence-corrected chi connectivity index (χ0v) is 18.5. The molecule has 0 saturated carbocycles. The molecular formula is C22H22N4O2S2. The first-order valence-corrected chi connectivity index (χ1v) is 11.6. The van der Waals surface area contributed by atoms with Gasteiger partial charge >= 0.3 is 0 Å². The predicted molar refractivity (Wildman–Crippen MR) is 122 cm³/mol. The van der Waals surface area contributed by atoms with Gasteiger partial charge in [0, 0.05) is 23.9 Å². The normalized spacial score (nSPS) is 11.4. The molecule has 30 heavy (non-hydrogen) atoms. The zero-order chi connectivity index (χ0) is 21.1. The van der Waals surface area contributed by atoms with Crippen LogP contribution in [-0.2, 0) is 18.7 Å². The maximum absolute atomic E-state index is 13.3. The van der Waals surface area contributed by atoms with Crippen molar-refractivity contribution in [3.8, 4) is 11.1 Å². The minimum Gasteiger partial charge on any atom is -0.339 e. The van der Waals surface area contributed by atoms with E-state index in [4.69, 9.17) is 9.51 Å². The number of hydrogen-bond acceptors (Lipinski definition) is 7. The molecule has 3 aromatic heterocycles. The molecule has 0 saturated heterocycles. The summed E-state index contributed by atoms with van der Waals surface area (Å²) in [5.41, 5.74) is 1.87. The van der Waals surface area contributed by atoms with Crippen LogP contribution in [0.25, 0.3) is 21.3 Å². The molecule has 0 aliphatic heterocycles. The van der Waals surface area contributed by atoms with Crippen LogP contribution >= 0.6 is 23.1 Å². The number of thiophene rings is 1. The van der Waals surface area contributed by atoms with E-state index in [0.29, 0.717) is 40.5 Å². The smallest absolute Gasteiger partial charge is 0.263 e. The predicted octanol–water partition coefficient (Wildman–Crippen LogP) is 5.18. The highest BCUT2D eigenvalue weighted by Gasteiger charge is 2.18. The van der Waals surface area contributed by atoms with Crippen molar-refractivity contribution < 1.29 is 4.52 Å². The molecule has 0 atom stereocenters. The van der Waals surface area contributed by atoms with Crippen molar-refractivity contribution in [2.45, 2.75) is 37.7 Å². The minimum absolute atomic E-state index is 0.0592. The van der Waals surface area contributed by atoms with E-state index in [1.807, 2.05) is 35.7 Å². The summed E-state index contributed by atoms with van der Waals surface area (Å²) in [7, 11) is 0. The summed E-state index contributed by atoms with van der Waals surface area (Å²) in [6.45, 7) is 8.40. The first kappa shape index (κ1) is 20.6. The van der Waals surface area contributed by atoms with Crippen LogP contribution in [0.3, 0.4) is 0 Å². The number of rotatable bonds is 8. The largest absolute Gasteiger partial charge is 0.339 e. The number of hydrogen-bond donors (Lipinski definition) is 0. The summed E-state index contributed by atoms with van der Waals surface area (Å²) < 4.78 is 6.97. The van der Waals surface area contributed by atoms with Gasteiger partial charge in [0.25, 0.3) is 5.56 Å². The van der Waals surface area contributed by atoms with Crippen LogP contribution in [0.15, 0.2) is 62.8 Å². The minimum atomic E-state index is -0.0592. The lowest BCUT2D eigenvalue weighted by Crippen LogP contribution is -2.22. The number of benzene rings is 1. The lowest BCUT2D eigenvalue weighted by molar-refractivity contribution is 0.360. The maximum Gasteiger partial charge on any atom is 0.263 e. The lowest BCUT2D eigenvalue weighted by Gasteiger charge is -2.10. The standard InChI is InChI=1S/C22H22N4O2S2/c1-4-10-26-21(27)19-16(15-8-6-5-7-9-15)12-29-20(19)24-22(26)30-13-17-23-18(28-25-17)11-14(2)3/h4-9,12,14H,1,10-11,13H2,2-3H3. The highest BCUT2D eigenvalue weighted by atomic mass is 32.2. The van der Waals surface area contributed by atoms with Crippen molar-refractivity contribution >= 4 is 33.3 Å². The van der Waals surface area contributed by atoms with E-state index in [2.05, 4.69) is 30.6 Å². The van der Waals surface area contributed by atoms with Crippen molar-refractivity contribution in [1.82, 2.24) is 19.7 Å². The topological polar surface area (TPSA) is 73.8 Å². The van der Waals surface area contributed by atoms with E-state index >= 15 is 0 Å². The molecule has 0 N–H and O–H groups in total. The quantitative estimate of drug-likeness (QED) is 0.214. The second-order valence-electron chi connectivity index (χ2n) is 7.29. The van der Waals surface area contributed by atoms with Crippen LogP contribution in [-0.4, -0.2) is 19.7 Å². The third kappa shape index (κ3) is 4.24. The van der Waals surface area contributed by atoms with Crippen LogP contribution in [0.2, 0.25) is 0 Å². The number of nitrogens with zero attached hydrogens (tertiary/aromatic N) is 4. The summed E-state index contributed by atoms with van der Waals surface area (Å²) in [4.78, 5) is 23.3. The summed E-state index contributed by atoms with van der Waals surface area (Å²) in [5, 5.41) is 7.33. The molecule has 154 valence electrons. The van der Waals surface area contributed by atoms with Gasteiger partial charge in [-0.15, -0.1) is 17.9 Å². The van der Waals surface area contributed by atoms with Crippen molar-refractivity contribution in [2.24, 2.45) is 5.92 Å². The van der Waals surface area contributed by atoms with Crippen molar-refractivity contribution in [2.75, 3.05) is 0 Å². The van der Waals surface area contributed by atoms with Crippen molar-refractivity contribution in [1.29, 1.82) is 0 Å². The van der Waals surface area contributed by atoms with Gasteiger partial charge in [-0.2, -0.15) is 4.98 Å². The molecule has 0 unspecified atom stereocenters. The SMILES string of the molecule is C=CCn1c(SCc2noc(CC(C)C)n2)nc2scc(-c3ccccc3)c2c1=O. The second-order valence-corrected chi connectivity index (χ2v) is 9.09. The lowest BCUT2D eigenvalue weighted by atomic mass is 10.1. The molecule has 0 radical (unpaired) electrons. The van der Waals surface area contributed by atoms with Crippen molar-refractivity contribution in [3.05, 3.63) is 70.4 Å². The monoisotopic (exact) mass is 438 g/mol. The molecule has 0 amide bonds. The van der Waals surface area contributed by atoms with Gasteiger partial charge in [0.2, 0.25) is 5.89 Å². The summed E-state index contributed by atoms with van der Waals surface area (Å²) >= 11 is 2.92. The van der Waals surface area contributed by atoms with Crippen LogP contribution < -0.4 is 5.56 Å². The highest BCUT2D eigenvalue weighted by molar-refractivity contribution is 7.98. The summed E-state index contributed by atoms with van der Waals surface area (Å²) in [6.07, 6.45) is 2.46. The Kier molecular flexibility index (Phi) is 6.15. The molecule has 0 aliphatic carbocycles. The van der Waals surface area contributed by atoms with Gasteiger partial charge in [0.05, 0.1) is 11.1 Å². The van der Waals surface area contributed by atoms with E-state index < -0.39 is 0 Å². The third-order valence-electron chi connectivity index (χ3n) is 4.48. The van der Waals surface area contributed by atoms with E-state index in [1.165, 1.54) is 23.1 Å². The molecule has 0 bridgehead atoms. The first-order valence-electron chi connectivity index (χ1n) is 9.69. The number of aromatic nitrogens is 4. The van der Waals surface area contributed by atoms with Gasteiger partial charge in [-0.25, -0.2) is 4.98 Å². The van der Waals surface area contributed by atoms with E-state index in [1.54, 1.807) is 10.6 Å². The molecule has 0 fully saturated rings. The van der Waals surface area contributed by atoms with Gasteiger partial charge in [0.15, 0.2) is 11.0 Å². The molecular weight excluding hydrogens is 416 g/mol. The third-order valence-corrected chi connectivity index (χ3v) is 6.32. The van der Waals surface area contributed by atoms with Gasteiger partial charge < -0.3 is 4.52 Å². The van der Waals surface area contributed by atoms with Gasteiger partial charge in [0.1, 0.15) is 4.83 Å². The number of thioether (sulfide) groups is 1. The van der Waals surface area contributed by atoms with Crippen LogP contribution in [0, 0.1) is 5.92 Å². The Balaban J connectivity index is 1.68. The van der Waals surface area contributed by atoms with Crippen LogP contribution in [0.4, 0.5) is 0 Å².